The molecule has 0 bridgehead atoms. The molecule has 0 unspecified atom stereocenters. The molecule has 0 heterocycles. The van der Waals surface area contributed by atoms with Crippen LogP contribution in [0.2, 0.25) is 0 Å². The minimum atomic E-state index is -0.351. The fourth-order valence-electron chi connectivity index (χ4n) is 3.80. The van der Waals surface area contributed by atoms with Crippen molar-refractivity contribution in [1.82, 2.24) is 0 Å². The summed E-state index contributed by atoms with van der Waals surface area (Å²) in [5.74, 6) is 0.459. The maximum atomic E-state index is 12.3. The maximum Gasteiger partial charge on any atom is 0.658 e. The van der Waals surface area contributed by atoms with Crippen LogP contribution in [0, 0.1) is 0 Å². The van der Waals surface area contributed by atoms with Crippen LogP contribution in [0.4, 0.5) is 0 Å². The average molecular weight is 493 g/mol. The summed E-state index contributed by atoms with van der Waals surface area (Å²) in [6.07, 6.45) is 0. The Balaban J connectivity index is 1.37. The first kappa shape index (κ1) is 25.6. The van der Waals surface area contributed by atoms with Crippen LogP contribution in [-0.4, -0.2) is 32.8 Å². The Labute approximate surface area is 217 Å². The molecule has 0 atom stereocenters. The smallest absolute Gasteiger partial charge is 0.526 e. The number of hydrogen-bond acceptors (Lipinski definition) is 6. The molecule has 185 valence electrons. The van der Waals surface area contributed by atoms with E-state index in [0.29, 0.717) is 35.8 Å². The standard InChI is InChI=1S/C30H26BO6/c1-3-34-29(32)27-11-7-5-9-25(27)21-13-17-23(18-14-21)36-31-37-24-19-15-22(16-20-24)26-10-6-8-12-28(26)30(33)35-4-2/h5-20H,3-4H2,1-2H3. The van der Waals surface area contributed by atoms with Crippen molar-refractivity contribution in [1.29, 1.82) is 0 Å². The summed E-state index contributed by atoms with van der Waals surface area (Å²) in [6, 6.07) is 29.3. The second-order valence-electron chi connectivity index (χ2n) is 7.91. The van der Waals surface area contributed by atoms with E-state index in [2.05, 4.69) is 0 Å². The molecule has 0 saturated carbocycles. The molecule has 0 amide bonds. The Morgan fingerprint density at radius 1 is 0.568 bits per heavy atom. The molecule has 0 spiro atoms. The molecule has 4 aromatic rings. The normalized spacial score (nSPS) is 10.3. The van der Waals surface area contributed by atoms with Crippen LogP contribution in [0.5, 0.6) is 11.5 Å². The number of benzene rings is 4. The van der Waals surface area contributed by atoms with Gasteiger partial charge in [0.15, 0.2) is 0 Å². The Bertz CT molecular complexity index is 1240. The summed E-state index contributed by atoms with van der Waals surface area (Å²) in [6.45, 7) is 4.20. The number of hydrogen-bond donors (Lipinski definition) is 0. The highest BCUT2D eigenvalue weighted by molar-refractivity contribution is 6.20. The van der Waals surface area contributed by atoms with Crippen molar-refractivity contribution < 1.29 is 28.4 Å². The molecule has 0 N–H and O–H groups in total. The molecule has 0 fully saturated rings. The van der Waals surface area contributed by atoms with Crippen LogP contribution in [0.1, 0.15) is 34.6 Å². The summed E-state index contributed by atoms with van der Waals surface area (Å²) in [5, 5.41) is 0. The largest absolute Gasteiger partial charge is 0.658 e. The topological polar surface area (TPSA) is 71.1 Å². The van der Waals surface area contributed by atoms with Crippen molar-refractivity contribution in [2.75, 3.05) is 13.2 Å². The lowest BCUT2D eigenvalue weighted by atomic mass is 9.99. The quantitative estimate of drug-likeness (QED) is 0.189. The molecule has 0 aliphatic rings. The van der Waals surface area contributed by atoms with Crippen LogP contribution in [0.15, 0.2) is 97.1 Å². The number of esters is 2. The molecule has 7 heteroatoms. The molecule has 0 saturated heterocycles. The molecule has 4 aromatic carbocycles. The van der Waals surface area contributed by atoms with E-state index in [-0.39, 0.29) is 11.9 Å². The Hall–Kier alpha value is -4.52. The first-order valence-corrected chi connectivity index (χ1v) is 12.0. The van der Waals surface area contributed by atoms with Crippen molar-refractivity contribution in [3.8, 4) is 33.8 Å². The summed E-state index contributed by atoms with van der Waals surface area (Å²) >= 11 is 0. The van der Waals surface area contributed by atoms with E-state index >= 15 is 0 Å². The van der Waals surface area contributed by atoms with E-state index in [9.17, 15) is 9.59 Å². The van der Waals surface area contributed by atoms with Crippen LogP contribution >= 0.6 is 0 Å². The van der Waals surface area contributed by atoms with Gasteiger partial charge in [0.1, 0.15) is 11.5 Å². The SMILES string of the molecule is CCOC(=O)c1ccccc1-c1ccc(O[B]Oc2ccc(-c3ccccc3C(=O)OCC)cc2)cc1. The Kier molecular flexibility index (Phi) is 8.60. The predicted octanol–water partition coefficient (Wildman–Crippen LogP) is 6.37. The van der Waals surface area contributed by atoms with Crippen LogP contribution in [0.25, 0.3) is 22.3 Å². The first-order chi connectivity index (χ1) is 18.1. The fourth-order valence-corrected chi connectivity index (χ4v) is 3.80. The molecule has 4 rings (SSSR count). The fraction of sp³-hybridized carbons (Fsp3) is 0.133. The molecule has 0 aliphatic carbocycles. The van der Waals surface area contributed by atoms with E-state index in [1.807, 2.05) is 60.7 Å². The summed E-state index contributed by atoms with van der Waals surface area (Å²) < 4.78 is 21.5. The molecular formula is C30H26BO6. The highest BCUT2D eigenvalue weighted by atomic mass is 16.6. The van der Waals surface area contributed by atoms with Crippen LogP contribution in [0.3, 0.4) is 0 Å². The van der Waals surface area contributed by atoms with Crippen molar-refractivity contribution in [2.24, 2.45) is 0 Å². The zero-order valence-corrected chi connectivity index (χ0v) is 20.7. The van der Waals surface area contributed by atoms with Gasteiger partial charge in [0.2, 0.25) is 0 Å². The molecular weight excluding hydrogens is 467 g/mol. The second kappa shape index (κ2) is 12.4. The van der Waals surface area contributed by atoms with E-state index in [1.54, 1.807) is 50.2 Å². The summed E-state index contributed by atoms with van der Waals surface area (Å²) in [5.41, 5.74) is 4.35. The molecule has 37 heavy (non-hydrogen) atoms. The van der Waals surface area contributed by atoms with E-state index in [4.69, 9.17) is 18.8 Å². The van der Waals surface area contributed by atoms with E-state index in [1.165, 1.54) is 7.69 Å². The Morgan fingerprint density at radius 2 is 0.946 bits per heavy atom. The lowest BCUT2D eigenvalue weighted by Crippen LogP contribution is -2.11. The molecule has 0 aromatic heterocycles. The van der Waals surface area contributed by atoms with Crippen molar-refractivity contribution in [3.05, 3.63) is 108 Å². The third-order valence-corrected chi connectivity index (χ3v) is 5.54. The second-order valence-corrected chi connectivity index (χ2v) is 7.91. The molecule has 6 nitrogen and oxygen atoms in total. The average Bonchev–Trinajstić information content (AvgIpc) is 2.94. The van der Waals surface area contributed by atoms with Gasteiger partial charge in [-0.2, -0.15) is 0 Å². The molecule has 1 radical (unpaired) electrons. The van der Waals surface area contributed by atoms with Gasteiger partial charge in [-0.25, -0.2) is 9.59 Å². The lowest BCUT2D eigenvalue weighted by Gasteiger charge is -2.11. The third-order valence-electron chi connectivity index (χ3n) is 5.54. The minimum absolute atomic E-state index is 0.319. The van der Waals surface area contributed by atoms with Crippen LogP contribution in [-0.2, 0) is 9.47 Å². The number of ether oxygens (including phenoxy) is 2. The number of carbonyl (C=O) groups is 2. The van der Waals surface area contributed by atoms with Crippen molar-refractivity contribution >= 4 is 19.6 Å². The van der Waals surface area contributed by atoms with Gasteiger partial charge in [0.05, 0.1) is 24.3 Å². The summed E-state index contributed by atoms with van der Waals surface area (Å²) in [4.78, 5) is 24.5. The highest BCUT2D eigenvalue weighted by Crippen LogP contribution is 2.28. The van der Waals surface area contributed by atoms with Gasteiger partial charge in [-0.1, -0.05) is 60.7 Å². The number of rotatable bonds is 10. The zero-order chi connectivity index (χ0) is 26.0. The summed E-state index contributed by atoms with van der Waals surface area (Å²) in [7, 11) is 1.25. The van der Waals surface area contributed by atoms with Gasteiger partial charge in [-0.05, 0) is 72.5 Å². The van der Waals surface area contributed by atoms with Gasteiger partial charge in [-0.3, -0.25) is 0 Å². The van der Waals surface area contributed by atoms with Gasteiger partial charge in [0.25, 0.3) is 0 Å². The van der Waals surface area contributed by atoms with E-state index < -0.39 is 0 Å². The van der Waals surface area contributed by atoms with Gasteiger partial charge in [0, 0.05) is 0 Å². The van der Waals surface area contributed by atoms with Gasteiger partial charge < -0.3 is 18.8 Å². The third kappa shape index (κ3) is 6.38. The van der Waals surface area contributed by atoms with Gasteiger partial charge in [-0.15, -0.1) is 0 Å². The van der Waals surface area contributed by atoms with Crippen LogP contribution < -0.4 is 9.31 Å². The van der Waals surface area contributed by atoms with Crippen molar-refractivity contribution in [3.63, 3.8) is 0 Å². The van der Waals surface area contributed by atoms with Gasteiger partial charge >= 0.3 is 19.6 Å². The first-order valence-electron chi connectivity index (χ1n) is 12.0. The monoisotopic (exact) mass is 493 g/mol. The minimum Gasteiger partial charge on any atom is -0.526 e. The predicted molar refractivity (Wildman–Crippen MR) is 143 cm³/mol. The highest BCUT2D eigenvalue weighted by Gasteiger charge is 2.15. The molecule has 0 aliphatic heterocycles. The maximum absolute atomic E-state index is 12.3. The van der Waals surface area contributed by atoms with E-state index in [0.717, 1.165) is 22.3 Å². The number of carbonyl (C=O) groups excluding carboxylic acids is 2. The Morgan fingerprint density at radius 3 is 1.32 bits per heavy atom. The zero-order valence-electron chi connectivity index (χ0n) is 20.7. The lowest BCUT2D eigenvalue weighted by molar-refractivity contribution is 0.0517. The van der Waals surface area contributed by atoms with Crippen molar-refractivity contribution in [2.45, 2.75) is 13.8 Å².